The van der Waals surface area contributed by atoms with Gasteiger partial charge < -0.3 is 9.51 Å². The average molecular weight is 450 g/mol. The predicted octanol–water partition coefficient (Wildman–Crippen LogP) is 5.55. The number of imidazole rings is 1. The molecule has 1 aliphatic rings. The number of rotatable bonds is 4. The third kappa shape index (κ3) is 3.02. The van der Waals surface area contributed by atoms with E-state index in [-0.39, 0.29) is 6.61 Å². The summed E-state index contributed by atoms with van der Waals surface area (Å²) in [5.74, 6) is 0. The van der Waals surface area contributed by atoms with Crippen molar-refractivity contribution in [1.29, 1.82) is 0 Å². The first-order valence-corrected chi connectivity index (χ1v) is 10.8. The topological polar surface area (TPSA) is 68.2 Å². The van der Waals surface area contributed by atoms with Crippen molar-refractivity contribution < 1.29 is 5.11 Å². The third-order valence-electron chi connectivity index (χ3n) is 5.76. The van der Waals surface area contributed by atoms with E-state index < -0.39 is 0 Å². The van der Waals surface area contributed by atoms with Gasteiger partial charge in [0.2, 0.25) is 0 Å². The van der Waals surface area contributed by atoms with Crippen molar-refractivity contribution >= 4 is 39.8 Å². The van der Waals surface area contributed by atoms with E-state index in [9.17, 15) is 5.11 Å². The smallest absolute Gasteiger partial charge is 0.147 e. The number of pyridine rings is 2. The number of fused-ring (bicyclic) bond motifs is 3. The van der Waals surface area contributed by atoms with Gasteiger partial charge in [-0.25, -0.2) is 4.98 Å². The van der Waals surface area contributed by atoms with E-state index in [0.29, 0.717) is 38.7 Å². The molecular formula is C23H17Cl2N5O. The first kappa shape index (κ1) is 18.8. The van der Waals surface area contributed by atoms with E-state index in [4.69, 9.17) is 28.2 Å². The van der Waals surface area contributed by atoms with Crippen molar-refractivity contribution in [2.24, 2.45) is 0 Å². The maximum atomic E-state index is 10.1. The summed E-state index contributed by atoms with van der Waals surface area (Å²) in [6.07, 6.45) is 10.0. The summed E-state index contributed by atoms with van der Waals surface area (Å²) in [5.41, 5.74) is 5.30. The van der Waals surface area contributed by atoms with Crippen LogP contribution in [0, 0.1) is 0 Å². The molecule has 6 nitrogen and oxygen atoms in total. The average Bonchev–Trinajstić information content (AvgIpc) is 3.38. The fraction of sp³-hybridized carbons (Fsp3) is 0.174. The van der Waals surface area contributed by atoms with E-state index in [1.165, 1.54) is 12.8 Å². The van der Waals surface area contributed by atoms with Gasteiger partial charge in [-0.1, -0.05) is 29.3 Å². The van der Waals surface area contributed by atoms with Gasteiger partial charge in [0.25, 0.3) is 0 Å². The second kappa shape index (κ2) is 7.05. The molecule has 0 atom stereocenters. The Morgan fingerprint density at radius 3 is 2.61 bits per heavy atom. The van der Waals surface area contributed by atoms with E-state index in [2.05, 4.69) is 22.3 Å². The van der Waals surface area contributed by atoms with Crippen LogP contribution in [0.25, 0.3) is 38.9 Å². The van der Waals surface area contributed by atoms with Crippen LogP contribution in [-0.2, 0) is 6.61 Å². The molecule has 0 saturated heterocycles. The summed E-state index contributed by atoms with van der Waals surface area (Å²) in [4.78, 5) is 9.50. The van der Waals surface area contributed by atoms with Crippen LogP contribution in [0.15, 0.2) is 55.1 Å². The van der Waals surface area contributed by atoms with Gasteiger partial charge in [0.05, 0.1) is 45.8 Å². The van der Waals surface area contributed by atoms with Gasteiger partial charge in [0.15, 0.2) is 0 Å². The lowest BCUT2D eigenvalue weighted by atomic mass is 10.1. The minimum atomic E-state index is -0.204. The number of nitrogens with zero attached hydrogens (tertiary/aromatic N) is 5. The highest BCUT2D eigenvalue weighted by atomic mass is 35.5. The van der Waals surface area contributed by atoms with Crippen LogP contribution in [0.1, 0.15) is 24.6 Å². The van der Waals surface area contributed by atoms with Crippen molar-refractivity contribution in [3.05, 3.63) is 70.9 Å². The Morgan fingerprint density at radius 1 is 1.06 bits per heavy atom. The molecule has 1 fully saturated rings. The fourth-order valence-electron chi connectivity index (χ4n) is 4.01. The number of hydrogen-bond acceptors (Lipinski definition) is 4. The van der Waals surface area contributed by atoms with Crippen LogP contribution in [0.3, 0.4) is 0 Å². The minimum absolute atomic E-state index is 0.204. The van der Waals surface area contributed by atoms with Crippen molar-refractivity contribution in [2.75, 3.05) is 0 Å². The summed E-state index contributed by atoms with van der Waals surface area (Å²) >= 11 is 12.9. The highest BCUT2D eigenvalue weighted by molar-refractivity contribution is 6.39. The minimum Gasteiger partial charge on any atom is -0.390 e. The molecule has 0 amide bonds. The van der Waals surface area contributed by atoms with Gasteiger partial charge >= 0.3 is 0 Å². The van der Waals surface area contributed by atoms with Crippen molar-refractivity contribution in [3.8, 4) is 22.4 Å². The van der Waals surface area contributed by atoms with Gasteiger partial charge in [0.1, 0.15) is 5.65 Å². The highest BCUT2D eigenvalue weighted by Crippen LogP contribution is 2.38. The largest absolute Gasteiger partial charge is 0.390 e. The summed E-state index contributed by atoms with van der Waals surface area (Å²) in [6, 6.07) is 9.83. The summed E-state index contributed by atoms with van der Waals surface area (Å²) in [7, 11) is 0. The maximum absolute atomic E-state index is 10.1. The summed E-state index contributed by atoms with van der Waals surface area (Å²) < 4.78 is 3.90. The molecule has 6 rings (SSSR count). The summed E-state index contributed by atoms with van der Waals surface area (Å²) in [5, 5.41) is 16.5. The molecule has 0 aliphatic heterocycles. The molecule has 0 bridgehead atoms. The zero-order valence-electron chi connectivity index (χ0n) is 16.3. The lowest BCUT2D eigenvalue weighted by Gasteiger charge is -2.06. The number of benzene rings is 1. The molecule has 4 aromatic heterocycles. The standard InChI is InChI=1S/C23H17Cl2N5O/c24-17-2-1-3-18(25)21(17)22-20(12-31)29-7-6-19-16(23(29)28-22)8-13(9-26-19)14-10-27-30(11-14)15-4-5-15/h1-3,6-11,15,31H,4-5,12H2. The van der Waals surface area contributed by atoms with Crippen LogP contribution >= 0.6 is 23.2 Å². The molecule has 5 aromatic rings. The normalized spacial score (nSPS) is 14.0. The number of aliphatic hydroxyl groups excluding tert-OH is 1. The van der Waals surface area contributed by atoms with Crippen LogP contribution in [-0.4, -0.2) is 29.3 Å². The molecular weight excluding hydrogens is 433 g/mol. The molecule has 1 N–H and O–H groups in total. The van der Waals surface area contributed by atoms with Gasteiger partial charge in [-0.2, -0.15) is 5.10 Å². The third-order valence-corrected chi connectivity index (χ3v) is 6.39. The quantitative estimate of drug-likeness (QED) is 0.390. The molecule has 0 spiro atoms. The number of halogens is 2. The lowest BCUT2D eigenvalue weighted by molar-refractivity contribution is 0.276. The van der Waals surface area contributed by atoms with Crippen molar-refractivity contribution in [1.82, 2.24) is 24.1 Å². The van der Waals surface area contributed by atoms with Crippen LogP contribution in [0.5, 0.6) is 0 Å². The molecule has 31 heavy (non-hydrogen) atoms. The van der Waals surface area contributed by atoms with Crippen molar-refractivity contribution in [2.45, 2.75) is 25.5 Å². The molecule has 154 valence electrons. The Hall–Kier alpha value is -2.93. The second-order valence-corrected chi connectivity index (χ2v) is 8.58. The van der Waals surface area contributed by atoms with E-state index in [1.807, 2.05) is 33.7 Å². The Bertz CT molecular complexity index is 1450. The molecule has 1 aliphatic carbocycles. The SMILES string of the molecule is OCc1c(-c2c(Cl)cccc2Cl)nc2c3cc(-c4cnn(C5CC5)c4)cnc3ccn12. The Labute approximate surface area is 187 Å². The highest BCUT2D eigenvalue weighted by Gasteiger charge is 2.24. The van der Waals surface area contributed by atoms with Crippen LogP contribution < -0.4 is 0 Å². The molecule has 8 heteroatoms. The Balaban J connectivity index is 1.58. The van der Waals surface area contributed by atoms with E-state index in [1.54, 1.807) is 18.2 Å². The van der Waals surface area contributed by atoms with E-state index in [0.717, 1.165) is 22.0 Å². The number of aliphatic hydroxyl groups is 1. The van der Waals surface area contributed by atoms with Crippen molar-refractivity contribution in [3.63, 3.8) is 0 Å². The number of aromatic nitrogens is 5. The fourth-order valence-corrected chi connectivity index (χ4v) is 4.58. The Morgan fingerprint density at radius 2 is 1.87 bits per heavy atom. The van der Waals surface area contributed by atoms with Gasteiger partial charge in [-0.05, 0) is 37.1 Å². The number of hydrogen-bond donors (Lipinski definition) is 1. The zero-order chi connectivity index (χ0) is 21.1. The van der Waals surface area contributed by atoms with Gasteiger partial charge in [-0.3, -0.25) is 9.67 Å². The van der Waals surface area contributed by atoms with Gasteiger partial charge in [0, 0.05) is 40.7 Å². The first-order valence-electron chi connectivity index (χ1n) is 10.0. The van der Waals surface area contributed by atoms with E-state index >= 15 is 0 Å². The first-order chi connectivity index (χ1) is 15.1. The molecule has 4 heterocycles. The Kier molecular flexibility index (Phi) is 4.28. The summed E-state index contributed by atoms with van der Waals surface area (Å²) in [6.45, 7) is -0.204. The van der Waals surface area contributed by atoms with Crippen LogP contribution in [0.2, 0.25) is 10.0 Å². The lowest BCUT2D eigenvalue weighted by Crippen LogP contribution is -1.95. The maximum Gasteiger partial charge on any atom is 0.147 e. The molecule has 1 saturated carbocycles. The molecule has 0 unspecified atom stereocenters. The predicted molar refractivity (Wildman–Crippen MR) is 121 cm³/mol. The molecule has 1 aromatic carbocycles. The van der Waals surface area contributed by atoms with Crippen LogP contribution in [0.4, 0.5) is 0 Å². The molecule has 0 radical (unpaired) electrons. The zero-order valence-corrected chi connectivity index (χ0v) is 17.8. The monoisotopic (exact) mass is 449 g/mol. The van der Waals surface area contributed by atoms with Gasteiger partial charge in [-0.15, -0.1) is 0 Å². The second-order valence-electron chi connectivity index (χ2n) is 7.77.